The van der Waals surface area contributed by atoms with Crippen molar-refractivity contribution in [2.24, 2.45) is 11.3 Å². The molecule has 54 valence electrons. The molecule has 0 bridgehead atoms. The van der Waals surface area contributed by atoms with Gasteiger partial charge in [0.25, 0.3) is 0 Å². The van der Waals surface area contributed by atoms with E-state index in [1.54, 1.807) is 0 Å². The molecule has 1 nitrogen and oxygen atoms in total. The van der Waals surface area contributed by atoms with Crippen molar-refractivity contribution < 1.29 is 5.11 Å². The van der Waals surface area contributed by atoms with Gasteiger partial charge in [0.1, 0.15) is 0 Å². The third kappa shape index (κ3) is 1.45. The second-order valence-electron chi connectivity index (χ2n) is 3.82. The summed E-state index contributed by atoms with van der Waals surface area (Å²) in [5.41, 5.74) is 0.263. The predicted octanol–water partition coefficient (Wildman–Crippen LogP) is 1.80. The smallest absolute Gasteiger partial charge is 0.0484 e. The van der Waals surface area contributed by atoms with E-state index in [0.29, 0.717) is 6.61 Å². The predicted molar refractivity (Wildman–Crippen MR) is 38.2 cm³/mol. The maximum absolute atomic E-state index is 8.94. The van der Waals surface area contributed by atoms with Crippen LogP contribution in [0.2, 0.25) is 0 Å². The lowest BCUT2D eigenvalue weighted by Crippen LogP contribution is -2.16. The van der Waals surface area contributed by atoms with Crippen LogP contribution in [0.15, 0.2) is 0 Å². The van der Waals surface area contributed by atoms with Crippen molar-refractivity contribution in [2.45, 2.75) is 33.1 Å². The van der Waals surface area contributed by atoms with Gasteiger partial charge in [0.2, 0.25) is 0 Å². The topological polar surface area (TPSA) is 20.2 Å². The van der Waals surface area contributed by atoms with Crippen LogP contribution in [0.4, 0.5) is 0 Å². The third-order valence-electron chi connectivity index (χ3n) is 2.46. The van der Waals surface area contributed by atoms with Crippen LogP contribution in [-0.4, -0.2) is 11.7 Å². The molecule has 1 aliphatic carbocycles. The lowest BCUT2D eigenvalue weighted by Gasteiger charge is -2.19. The fourth-order valence-electron chi connectivity index (χ4n) is 1.78. The lowest BCUT2D eigenvalue weighted by molar-refractivity contribution is 0.145. The van der Waals surface area contributed by atoms with Crippen LogP contribution in [-0.2, 0) is 0 Å². The molecule has 2 unspecified atom stereocenters. The van der Waals surface area contributed by atoms with Crippen molar-refractivity contribution in [2.75, 3.05) is 6.61 Å². The van der Waals surface area contributed by atoms with Gasteiger partial charge in [-0.1, -0.05) is 20.3 Å². The van der Waals surface area contributed by atoms with Gasteiger partial charge in [-0.2, -0.15) is 0 Å². The molecule has 1 fully saturated rings. The van der Waals surface area contributed by atoms with Gasteiger partial charge in [0.05, 0.1) is 0 Å². The van der Waals surface area contributed by atoms with Gasteiger partial charge in [-0.05, 0) is 24.2 Å². The molecule has 0 aliphatic heterocycles. The summed E-state index contributed by atoms with van der Waals surface area (Å²) in [7, 11) is 0. The fourth-order valence-corrected chi connectivity index (χ4v) is 1.78. The minimum absolute atomic E-state index is 0.263. The monoisotopic (exact) mass is 128 g/mol. The van der Waals surface area contributed by atoms with Gasteiger partial charge in [0, 0.05) is 6.61 Å². The Labute approximate surface area is 57.1 Å². The molecule has 1 heteroatoms. The second-order valence-corrected chi connectivity index (χ2v) is 3.82. The highest BCUT2D eigenvalue weighted by Crippen LogP contribution is 2.40. The molecule has 1 N–H and O–H groups in total. The summed E-state index contributed by atoms with van der Waals surface area (Å²) in [6.45, 7) is 4.81. The van der Waals surface area contributed by atoms with Gasteiger partial charge >= 0.3 is 0 Å². The molecular formula is C8H16O. The lowest BCUT2D eigenvalue weighted by atomic mass is 9.89. The highest BCUT2D eigenvalue weighted by Gasteiger charge is 2.31. The van der Waals surface area contributed by atoms with Gasteiger partial charge in [-0.3, -0.25) is 0 Å². The first-order chi connectivity index (χ1) is 4.16. The van der Waals surface area contributed by atoms with Gasteiger partial charge in [-0.15, -0.1) is 0 Å². The van der Waals surface area contributed by atoms with Crippen molar-refractivity contribution in [1.29, 1.82) is 0 Å². The number of hydrogen-bond donors (Lipinski definition) is 1. The van der Waals surface area contributed by atoms with E-state index in [2.05, 4.69) is 13.8 Å². The van der Waals surface area contributed by atoms with Crippen LogP contribution in [0, 0.1) is 11.3 Å². The highest BCUT2D eigenvalue weighted by molar-refractivity contribution is 4.82. The van der Waals surface area contributed by atoms with Crippen molar-refractivity contribution in [3.63, 3.8) is 0 Å². The molecule has 0 heterocycles. The fraction of sp³-hybridized carbons (Fsp3) is 1.00. The molecule has 0 spiro atoms. The zero-order valence-electron chi connectivity index (χ0n) is 6.35. The van der Waals surface area contributed by atoms with Crippen LogP contribution < -0.4 is 0 Å². The molecule has 1 aliphatic rings. The van der Waals surface area contributed by atoms with Gasteiger partial charge in [-0.25, -0.2) is 0 Å². The summed E-state index contributed by atoms with van der Waals surface area (Å²) < 4.78 is 0. The maximum Gasteiger partial charge on any atom is 0.0484 e. The Bertz CT molecular complexity index is 101. The summed E-state index contributed by atoms with van der Waals surface area (Å²) >= 11 is 0. The Hall–Kier alpha value is -0.0400. The van der Waals surface area contributed by atoms with E-state index in [-0.39, 0.29) is 5.41 Å². The molecule has 0 aromatic carbocycles. The molecular weight excluding hydrogens is 112 g/mol. The highest BCUT2D eigenvalue weighted by atomic mass is 16.3. The first-order valence-electron chi connectivity index (χ1n) is 3.77. The molecule has 9 heavy (non-hydrogen) atoms. The Morgan fingerprint density at radius 2 is 2.33 bits per heavy atom. The summed E-state index contributed by atoms with van der Waals surface area (Å²) in [5.74, 6) is 0.835. The molecule has 0 amide bonds. The number of rotatable bonds is 1. The van der Waals surface area contributed by atoms with E-state index in [9.17, 15) is 0 Å². The first-order valence-corrected chi connectivity index (χ1v) is 3.77. The molecule has 0 aromatic heterocycles. The van der Waals surface area contributed by atoms with E-state index in [4.69, 9.17) is 5.11 Å². The normalized spacial score (nSPS) is 43.7. The largest absolute Gasteiger partial charge is 0.396 e. The minimum Gasteiger partial charge on any atom is -0.396 e. The summed E-state index contributed by atoms with van der Waals surface area (Å²) in [6.07, 6.45) is 3.73. The van der Waals surface area contributed by atoms with Crippen molar-refractivity contribution in [3.05, 3.63) is 0 Å². The Morgan fingerprint density at radius 3 is 2.56 bits per heavy atom. The van der Waals surface area contributed by atoms with E-state index in [1.165, 1.54) is 19.3 Å². The van der Waals surface area contributed by atoms with Crippen molar-refractivity contribution >= 4 is 0 Å². The van der Waals surface area contributed by atoms with Crippen LogP contribution >= 0.6 is 0 Å². The summed E-state index contributed by atoms with van der Waals surface area (Å²) in [6, 6.07) is 0. The Kier molecular flexibility index (Phi) is 1.80. The average molecular weight is 128 g/mol. The van der Waals surface area contributed by atoms with Gasteiger partial charge in [0.15, 0.2) is 0 Å². The molecule has 2 atom stereocenters. The van der Waals surface area contributed by atoms with Crippen LogP contribution in [0.5, 0.6) is 0 Å². The molecule has 0 aromatic rings. The van der Waals surface area contributed by atoms with Crippen LogP contribution in [0.1, 0.15) is 33.1 Å². The van der Waals surface area contributed by atoms with Crippen molar-refractivity contribution in [3.8, 4) is 0 Å². The third-order valence-corrected chi connectivity index (χ3v) is 2.46. The molecule has 0 radical (unpaired) electrons. The zero-order valence-corrected chi connectivity index (χ0v) is 6.35. The van der Waals surface area contributed by atoms with E-state index in [1.807, 2.05) is 0 Å². The molecule has 1 saturated carbocycles. The zero-order chi connectivity index (χ0) is 6.91. The standard InChI is InChI=1S/C8H16O/c1-7-3-4-8(2,5-7)6-9/h7,9H,3-6H2,1-2H3. The average Bonchev–Trinajstić information content (AvgIpc) is 2.13. The Balaban J connectivity index is 2.45. The maximum atomic E-state index is 8.94. The second kappa shape index (κ2) is 2.30. The van der Waals surface area contributed by atoms with E-state index < -0.39 is 0 Å². The quantitative estimate of drug-likeness (QED) is 0.571. The van der Waals surface area contributed by atoms with Crippen LogP contribution in [0.3, 0.4) is 0 Å². The minimum atomic E-state index is 0.263. The summed E-state index contributed by atoms with van der Waals surface area (Å²) in [4.78, 5) is 0. The summed E-state index contributed by atoms with van der Waals surface area (Å²) in [5, 5.41) is 8.94. The molecule has 1 rings (SSSR count). The number of aliphatic hydroxyl groups is 1. The van der Waals surface area contributed by atoms with E-state index >= 15 is 0 Å². The first kappa shape index (κ1) is 7.07. The van der Waals surface area contributed by atoms with Crippen LogP contribution in [0.25, 0.3) is 0 Å². The van der Waals surface area contributed by atoms with Crippen molar-refractivity contribution in [1.82, 2.24) is 0 Å². The Morgan fingerprint density at radius 1 is 1.67 bits per heavy atom. The number of hydrogen-bond acceptors (Lipinski definition) is 1. The van der Waals surface area contributed by atoms with E-state index in [0.717, 1.165) is 5.92 Å². The van der Waals surface area contributed by atoms with Gasteiger partial charge < -0.3 is 5.11 Å². The molecule has 0 saturated heterocycles. The number of aliphatic hydroxyl groups excluding tert-OH is 1. The SMILES string of the molecule is CC1CCC(C)(CO)C1.